The molecule has 0 fully saturated rings. The minimum absolute atomic E-state index is 0.790. The van der Waals surface area contributed by atoms with Gasteiger partial charge in [0, 0.05) is 11.1 Å². The van der Waals surface area contributed by atoms with Gasteiger partial charge < -0.3 is 0 Å². The molecule has 0 aliphatic rings. The van der Waals surface area contributed by atoms with Gasteiger partial charge >= 0.3 is 0 Å². The Morgan fingerprint density at radius 3 is 1.53 bits per heavy atom. The second-order valence-electron chi connectivity index (χ2n) is 7.37. The first-order valence-corrected chi connectivity index (χ1v) is 10.3. The molecule has 144 valence electrons. The summed E-state index contributed by atoms with van der Waals surface area (Å²) in [6, 6.07) is 42.4. The zero-order valence-electron chi connectivity index (χ0n) is 16.7. The largest absolute Gasteiger partial charge is 0.287 e. The second-order valence-corrected chi connectivity index (χ2v) is 7.37. The molecule has 4 aromatic carbocycles. The second kappa shape index (κ2) is 8.22. The maximum Gasteiger partial charge on any atom is 0.287 e. The van der Waals surface area contributed by atoms with Gasteiger partial charge in [-0.15, -0.1) is 0 Å². The van der Waals surface area contributed by atoms with Gasteiger partial charge in [-0.25, -0.2) is 9.55 Å². The zero-order chi connectivity index (χ0) is 20.2. The first kappa shape index (κ1) is 18.1. The van der Waals surface area contributed by atoms with Gasteiger partial charge in [0.05, 0.1) is 5.56 Å². The Morgan fingerprint density at radius 1 is 0.500 bits per heavy atom. The summed E-state index contributed by atoms with van der Waals surface area (Å²) in [6.45, 7) is 0.790. The summed E-state index contributed by atoms with van der Waals surface area (Å²) in [5, 5.41) is 0. The number of H-pyrrole nitrogens is 1. The Bertz CT molecular complexity index is 1230. The molecule has 0 bridgehead atoms. The Hall–Kier alpha value is -3.91. The van der Waals surface area contributed by atoms with E-state index >= 15 is 0 Å². The Morgan fingerprint density at radius 2 is 0.967 bits per heavy atom. The Kier molecular flexibility index (Phi) is 4.97. The monoisotopic (exact) mass is 387 g/mol. The number of hydrogen-bond donors (Lipinski definition) is 1. The van der Waals surface area contributed by atoms with Crippen molar-refractivity contribution in [3.05, 3.63) is 127 Å². The van der Waals surface area contributed by atoms with Crippen molar-refractivity contribution in [3.8, 4) is 33.9 Å². The van der Waals surface area contributed by atoms with Crippen molar-refractivity contribution in [2.45, 2.75) is 6.54 Å². The first-order valence-electron chi connectivity index (χ1n) is 10.3. The standard InChI is InChI=1S/C28H22N2/c1-5-13-22(14-6-1)21-30-27(24-17-9-3-10-18-24)26(23-15-7-2-8-16-23)29-28(30)25-19-11-4-12-20-25/h1-20H,21H2/p+1. The van der Waals surface area contributed by atoms with Crippen LogP contribution in [0.15, 0.2) is 121 Å². The van der Waals surface area contributed by atoms with Crippen LogP contribution in [-0.2, 0) is 6.54 Å². The van der Waals surface area contributed by atoms with Crippen molar-refractivity contribution >= 4 is 0 Å². The van der Waals surface area contributed by atoms with Crippen LogP contribution >= 0.6 is 0 Å². The van der Waals surface area contributed by atoms with E-state index in [2.05, 4.69) is 131 Å². The molecular formula is C28H23N2+. The highest BCUT2D eigenvalue weighted by molar-refractivity contribution is 5.78. The quantitative estimate of drug-likeness (QED) is 0.339. The molecule has 1 aromatic heterocycles. The SMILES string of the molecule is c1ccc(C[n+]2c(-c3ccccc3)[nH]c(-c3ccccc3)c2-c2ccccc2)cc1. The minimum atomic E-state index is 0.790. The van der Waals surface area contributed by atoms with E-state index in [1.807, 2.05) is 0 Å². The highest BCUT2D eigenvalue weighted by atomic mass is 15.1. The molecule has 0 saturated carbocycles. The van der Waals surface area contributed by atoms with E-state index in [0.29, 0.717) is 0 Å². The van der Waals surface area contributed by atoms with Gasteiger partial charge in [-0.05, 0) is 17.7 Å². The number of nitrogens with one attached hydrogen (secondary N) is 1. The van der Waals surface area contributed by atoms with E-state index in [-0.39, 0.29) is 0 Å². The van der Waals surface area contributed by atoms with E-state index < -0.39 is 0 Å². The predicted octanol–water partition coefficient (Wildman–Crippen LogP) is 6.35. The molecule has 0 unspecified atom stereocenters. The third kappa shape index (κ3) is 3.56. The number of aromatic nitrogens is 2. The lowest BCUT2D eigenvalue weighted by Gasteiger charge is -2.07. The zero-order valence-corrected chi connectivity index (χ0v) is 16.7. The number of hydrogen-bond acceptors (Lipinski definition) is 0. The van der Waals surface area contributed by atoms with Crippen LogP contribution in [0.4, 0.5) is 0 Å². The molecule has 0 atom stereocenters. The average molecular weight is 388 g/mol. The van der Waals surface area contributed by atoms with Crippen LogP contribution in [0.5, 0.6) is 0 Å². The lowest BCUT2D eigenvalue weighted by molar-refractivity contribution is -0.665. The summed E-state index contributed by atoms with van der Waals surface area (Å²) in [4.78, 5) is 3.76. The molecule has 0 spiro atoms. The van der Waals surface area contributed by atoms with Crippen molar-refractivity contribution in [1.29, 1.82) is 0 Å². The molecule has 0 aliphatic carbocycles. The molecular weight excluding hydrogens is 364 g/mol. The van der Waals surface area contributed by atoms with Gasteiger partial charge in [-0.2, -0.15) is 0 Å². The van der Waals surface area contributed by atoms with E-state index in [9.17, 15) is 0 Å². The van der Waals surface area contributed by atoms with Crippen LogP contribution in [0.25, 0.3) is 33.9 Å². The van der Waals surface area contributed by atoms with Crippen molar-refractivity contribution < 1.29 is 4.57 Å². The van der Waals surface area contributed by atoms with E-state index in [0.717, 1.165) is 18.1 Å². The van der Waals surface area contributed by atoms with Gasteiger partial charge in [-0.1, -0.05) is 109 Å². The summed E-state index contributed by atoms with van der Waals surface area (Å²) < 4.78 is 2.41. The number of rotatable bonds is 5. The molecule has 30 heavy (non-hydrogen) atoms. The van der Waals surface area contributed by atoms with Crippen molar-refractivity contribution in [2.75, 3.05) is 0 Å². The first-order chi connectivity index (χ1) is 14.9. The third-order valence-electron chi connectivity index (χ3n) is 5.36. The highest BCUT2D eigenvalue weighted by Crippen LogP contribution is 2.32. The minimum Gasteiger partial charge on any atom is -0.236 e. The summed E-state index contributed by atoms with van der Waals surface area (Å²) in [5.74, 6) is 1.11. The Labute approximate surface area is 177 Å². The average Bonchev–Trinajstić information content (AvgIpc) is 3.20. The topological polar surface area (TPSA) is 19.7 Å². The summed E-state index contributed by atoms with van der Waals surface area (Å²) in [7, 11) is 0. The van der Waals surface area contributed by atoms with E-state index in [4.69, 9.17) is 0 Å². The molecule has 1 N–H and O–H groups in total. The summed E-state index contributed by atoms with van der Waals surface area (Å²) in [5.41, 5.74) is 7.16. The molecule has 0 aliphatic heterocycles. The molecule has 0 amide bonds. The molecule has 2 heteroatoms. The van der Waals surface area contributed by atoms with Gasteiger partial charge in [0.1, 0.15) is 6.54 Å². The molecule has 5 aromatic rings. The summed E-state index contributed by atoms with van der Waals surface area (Å²) in [6.07, 6.45) is 0. The fourth-order valence-electron chi connectivity index (χ4n) is 3.95. The van der Waals surface area contributed by atoms with Crippen LogP contribution < -0.4 is 4.57 Å². The van der Waals surface area contributed by atoms with Gasteiger partial charge in [0.25, 0.3) is 5.82 Å². The predicted molar refractivity (Wildman–Crippen MR) is 123 cm³/mol. The van der Waals surface area contributed by atoms with E-state index in [1.165, 1.54) is 27.9 Å². The van der Waals surface area contributed by atoms with Gasteiger partial charge in [-0.3, -0.25) is 0 Å². The van der Waals surface area contributed by atoms with Crippen molar-refractivity contribution in [2.24, 2.45) is 0 Å². The lowest BCUT2D eigenvalue weighted by Crippen LogP contribution is -2.37. The number of aromatic amines is 1. The summed E-state index contributed by atoms with van der Waals surface area (Å²) >= 11 is 0. The van der Waals surface area contributed by atoms with Gasteiger partial charge in [0.2, 0.25) is 0 Å². The third-order valence-corrected chi connectivity index (χ3v) is 5.36. The smallest absolute Gasteiger partial charge is 0.236 e. The highest BCUT2D eigenvalue weighted by Gasteiger charge is 2.28. The fourth-order valence-corrected chi connectivity index (χ4v) is 3.95. The molecule has 0 radical (unpaired) electrons. The number of benzene rings is 4. The van der Waals surface area contributed by atoms with Crippen LogP contribution in [-0.4, -0.2) is 4.98 Å². The van der Waals surface area contributed by atoms with Gasteiger partial charge in [0.15, 0.2) is 11.4 Å². The van der Waals surface area contributed by atoms with Crippen molar-refractivity contribution in [3.63, 3.8) is 0 Å². The molecule has 1 heterocycles. The normalized spacial score (nSPS) is 10.8. The van der Waals surface area contributed by atoms with Crippen LogP contribution in [0.3, 0.4) is 0 Å². The lowest BCUT2D eigenvalue weighted by atomic mass is 10.0. The maximum atomic E-state index is 3.76. The number of imidazole rings is 1. The molecule has 0 saturated heterocycles. The number of nitrogens with zero attached hydrogens (tertiary/aromatic N) is 1. The van der Waals surface area contributed by atoms with Crippen LogP contribution in [0.1, 0.15) is 5.56 Å². The van der Waals surface area contributed by atoms with Crippen molar-refractivity contribution in [1.82, 2.24) is 4.98 Å². The van der Waals surface area contributed by atoms with Crippen LogP contribution in [0, 0.1) is 0 Å². The molecule has 5 rings (SSSR count). The van der Waals surface area contributed by atoms with Crippen LogP contribution in [0.2, 0.25) is 0 Å². The Balaban J connectivity index is 1.80. The fraction of sp³-hybridized carbons (Fsp3) is 0.0357. The molecule has 2 nitrogen and oxygen atoms in total. The van der Waals surface area contributed by atoms with E-state index in [1.54, 1.807) is 0 Å². The maximum absolute atomic E-state index is 3.76.